The summed E-state index contributed by atoms with van der Waals surface area (Å²) in [5, 5.41) is 0. The molecule has 0 amide bonds. The average molecular weight is 334 g/mol. The number of unbranched alkanes of at least 4 members (excludes halogenated alkanes) is 1. The molecule has 0 spiro atoms. The van der Waals surface area contributed by atoms with E-state index in [-0.39, 0.29) is 5.50 Å². The van der Waals surface area contributed by atoms with Crippen molar-refractivity contribution in [2.45, 2.75) is 53.3 Å². The van der Waals surface area contributed by atoms with Gasteiger partial charge in [0.15, 0.2) is 11.0 Å². The lowest BCUT2D eigenvalue weighted by Crippen LogP contribution is -2.18. The molecule has 21 heavy (non-hydrogen) atoms. The summed E-state index contributed by atoms with van der Waals surface area (Å²) in [6.07, 6.45) is 1.82. The fraction of sp³-hybridized carbons (Fsp3) is 0.733. The van der Waals surface area contributed by atoms with Gasteiger partial charge in [0.05, 0.1) is 27.9 Å². The van der Waals surface area contributed by atoms with Gasteiger partial charge in [0.1, 0.15) is 0 Å². The molecule has 4 nitrogen and oxygen atoms in total. The Morgan fingerprint density at radius 1 is 1.14 bits per heavy atom. The van der Waals surface area contributed by atoms with Gasteiger partial charge in [0, 0.05) is 0 Å². The minimum absolute atomic E-state index is 0.180. The first-order valence-electron chi connectivity index (χ1n) is 7.64. The first kappa shape index (κ1) is 20.5. The molecule has 0 heterocycles. The van der Waals surface area contributed by atoms with Crippen LogP contribution in [-0.4, -0.2) is 27.9 Å². The second-order valence-electron chi connectivity index (χ2n) is 5.85. The first-order chi connectivity index (χ1) is 9.71. The molecule has 0 aromatic heterocycles. The van der Waals surface area contributed by atoms with Gasteiger partial charge in [-0.3, -0.25) is 4.57 Å². The molecular weight excluding hydrogens is 303 g/mol. The Hall–Kier alpha value is -0.513. The monoisotopic (exact) mass is 334 g/mol. The van der Waals surface area contributed by atoms with E-state index in [2.05, 4.69) is 33.1 Å². The number of hydrogen-bond donors (Lipinski definition) is 0. The number of hydrogen-bond acceptors (Lipinski definition) is 4. The van der Waals surface area contributed by atoms with E-state index in [4.69, 9.17) is 14.0 Å². The molecule has 0 radical (unpaired) electrons. The molecule has 0 saturated carbocycles. The van der Waals surface area contributed by atoms with Crippen LogP contribution in [0, 0.1) is 0 Å². The maximum atomic E-state index is 13.3. The third-order valence-corrected chi connectivity index (χ3v) is 6.09. The second-order valence-corrected chi connectivity index (χ2v) is 13.2. The van der Waals surface area contributed by atoms with Crippen molar-refractivity contribution in [1.29, 1.82) is 0 Å². The smallest absolute Gasteiger partial charge is 0.327 e. The molecule has 1 unspecified atom stereocenters. The average Bonchev–Trinajstić information content (AvgIpc) is 2.37. The second kappa shape index (κ2) is 9.49. The van der Waals surface area contributed by atoms with Gasteiger partial charge in [-0.15, -0.1) is 0 Å². The Bertz CT molecular complexity index is 399. The van der Waals surface area contributed by atoms with Crippen molar-refractivity contribution in [2.24, 2.45) is 0 Å². The van der Waals surface area contributed by atoms with Gasteiger partial charge < -0.3 is 14.0 Å². The molecule has 0 saturated heterocycles. The maximum Gasteiger partial charge on any atom is 0.327 e. The highest BCUT2D eigenvalue weighted by molar-refractivity contribution is 7.67. The quantitative estimate of drug-likeness (QED) is 0.221. The Morgan fingerprint density at radius 3 is 2.14 bits per heavy atom. The third kappa shape index (κ3) is 7.34. The van der Waals surface area contributed by atoms with Crippen LogP contribution in [0.4, 0.5) is 0 Å². The Morgan fingerprint density at radius 2 is 1.71 bits per heavy atom. The van der Waals surface area contributed by atoms with Gasteiger partial charge in [-0.2, -0.15) is 0 Å². The predicted octanol–water partition coefficient (Wildman–Crippen LogP) is 5.34. The third-order valence-electron chi connectivity index (χ3n) is 2.55. The molecule has 0 aliphatic heterocycles. The van der Waals surface area contributed by atoms with Crippen molar-refractivity contribution >= 4 is 15.4 Å². The molecule has 0 rings (SSSR count). The number of ether oxygens (including phenoxy) is 2. The van der Waals surface area contributed by atoms with Crippen LogP contribution in [-0.2, 0) is 18.6 Å². The standard InChI is InChI=1S/C15H31O4PSi/c1-8-11-12-19-20(16,14(4)17-9-2)15(18-10-3)13-21(5,6)7/h13H,4,8-12H2,1-3,5-7H3/b15-13+. The minimum Gasteiger partial charge on any atom is -0.488 e. The van der Waals surface area contributed by atoms with Crippen molar-refractivity contribution < 1.29 is 18.6 Å². The molecule has 6 heteroatoms. The zero-order valence-electron chi connectivity index (χ0n) is 14.4. The molecule has 0 N–H and O–H groups in total. The van der Waals surface area contributed by atoms with Gasteiger partial charge >= 0.3 is 7.37 Å². The fourth-order valence-corrected chi connectivity index (χ4v) is 5.74. The highest BCUT2D eigenvalue weighted by Crippen LogP contribution is 2.62. The highest BCUT2D eigenvalue weighted by atomic mass is 31.2. The van der Waals surface area contributed by atoms with Crippen molar-refractivity contribution in [3.05, 3.63) is 23.3 Å². The van der Waals surface area contributed by atoms with Gasteiger partial charge in [-0.25, -0.2) is 0 Å². The van der Waals surface area contributed by atoms with Crippen LogP contribution in [0.15, 0.2) is 23.3 Å². The summed E-state index contributed by atoms with van der Waals surface area (Å²) >= 11 is 0. The summed E-state index contributed by atoms with van der Waals surface area (Å²) < 4.78 is 30.1. The van der Waals surface area contributed by atoms with E-state index in [1.54, 1.807) is 0 Å². The van der Waals surface area contributed by atoms with Crippen molar-refractivity contribution in [3.63, 3.8) is 0 Å². The predicted molar refractivity (Wildman–Crippen MR) is 92.3 cm³/mol. The molecule has 1 atom stereocenters. The van der Waals surface area contributed by atoms with E-state index in [0.717, 1.165) is 12.8 Å². The van der Waals surface area contributed by atoms with Gasteiger partial charge in [-0.1, -0.05) is 39.6 Å². The van der Waals surface area contributed by atoms with Crippen LogP contribution in [0.2, 0.25) is 19.6 Å². The lowest BCUT2D eigenvalue weighted by atomic mass is 10.4. The minimum atomic E-state index is -3.32. The molecule has 0 bridgehead atoms. The SMILES string of the molecule is C=C(OCC)P(=O)(OCCCC)/C(=C/[Si](C)(C)C)OCC. The lowest BCUT2D eigenvalue weighted by molar-refractivity contribution is 0.208. The summed E-state index contributed by atoms with van der Waals surface area (Å²) in [4.78, 5) is 0. The number of rotatable bonds is 11. The lowest BCUT2D eigenvalue weighted by Gasteiger charge is -2.25. The fourth-order valence-electron chi connectivity index (χ4n) is 1.58. The largest absolute Gasteiger partial charge is 0.488 e. The van der Waals surface area contributed by atoms with Crippen LogP contribution >= 0.6 is 7.37 Å². The summed E-state index contributed by atoms with van der Waals surface area (Å²) in [6, 6.07) is 0. The normalized spacial score (nSPS) is 15.4. The van der Waals surface area contributed by atoms with Crippen LogP contribution in [0.3, 0.4) is 0 Å². The molecule has 0 aromatic rings. The Labute approximate surface area is 131 Å². The van der Waals surface area contributed by atoms with Crippen molar-refractivity contribution in [2.75, 3.05) is 19.8 Å². The molecule has 0 aliphatic carbocycles. The summed E-state index contributed by atoms with van der Waals surface area (Å²) in [5.74, 6) is 0. The van der Waals surface area contributed by atoms with Crippen LogP contribution in [0.25, 0.3) is 0 Å². The van der Waals surface area contributed by atoms with Gasteiger partial charge in [0.2, 0.25) is 0 Å². The molecule has 124 valence electrons. The molecular formula is C15H31O4PSi. The molecule has 0 aromatic carbocycles. The Kier molecular flexibility index (Phi) is 9.26. The topological polar surface area (TPSA) is 44.8 Å². The summed E-state index contributed by atoms with van der Waals surface area (Å²) in [5.41, 5.74) is 2.56. The summed E-state index contributed by atoms with van der Waals surface area (Å²) in [7, 11) is -4.94. The molecule has 0 aliphatic rings. The van der Waals surface area contributed by atoms with Crippen molar-refractivity contribution in [3.8, 4) is 0 Å². The maximum absolute atomic E-state index is 13.3. The zero-order chi connectivity index (χ0) is 16.5. The van der Waals surface area contributed by atoms with E-state index in [1.807, 2.05) is 19.5 Å². The molecule has 0 fully saturated rings. The van der Waals surface area contributed by atoms with E-state index in [0.29, 0.717) is 25.3 Å². The van der Waals surface area contributed by atoms with E-state index < -0.39 is 15.4 Å². The highest BCUT2D eigenvalue weighted by Gasteiger charge is 2.37. The van der Waals surface area contributed by atoms with Crippen molar-refractivity contribution in [1.82, 2.24) is 0 Å². The van der Waals surface area contributed by atoms with E-state index >= 15 is 0 Å². The summed E-state index contributed by atoms with van der Waals surface area (Å²) in [6.45, 7) is 17.3. The van der Waals surface area contributed by atoms with Gasteiger partial charge in [0.25, 0.3) is 0 Å². The van der Waals surface area contributed by atoms with E-state index in [9.17, 15) is 4.57 Å². The first-order valence-corrected chi connectivity index (χ1v) is 12.8. The Balaban J connectivity index is 5.54. The van der Waals surface area contributed by atoms with Crippen LogP contribution in [0.5, 0.6) is 0 Å². The van der Waals surface area contributed by atoms with Crippen LogP contribution in [0.1, 0.15) is 33.6 Å². The zero-order valence-corrected chi connectivity index (χ0v) is 16.3. The van der Waals surface area contributed by atoms with Crippen LogP contribution < -0.4 is 0 Å². The van der Waals surface area contributed by atoms with E-state index in [1.165, 1.54) is 0 Å². The van der Waals surface area contributed by atoms with Gasteiger partial charge in [-0.05, 0) is 26.0 Å².